The predicted molar refractivity (Wildman–Crippen MR) is 96.3 cm³/mol. The lowest BCUT2D eigenvalue weighted by Gasteiger charge is -2.29. The van der Waals surface area contributed by atoms with E-state index < -0.39 is 8.32 Å². The van der Waals surface area contributed by atoms with Gasteiger partial charge in [-0.25, -0.2) is 0 Å². The molecule has 0 aromatic rings. The van der Waals surface area contributed by atoms with Crippen molar-refractivity contribution in [1.82, 2.24) is 0 Å². The summed E-state index contributed by atoms with van der Waals surface area (Å²) in [4.78, 5) is 10.6. The number of ether oxygens (including phenoxy) is 1. The van der Waals surface area contributed by atoms with Gasteiger partial charge < -0.3 is 9.16 Å². The Balaban J connectivity index is 4.36. The van der Waals surface area contributed by atoms with Gasteiger partial charge in [-0.15, -0.1) is 0 Å². The maximum atomic E-state index is 10.6. The van der Waals surface area contributed by atoms with Crippen molar-refractivity contribution in [3.8, 4) is 0 Å². The summed E-state index contributed by atoms with van der Waals surface area (Å²) in [6.45, 7) is 13.4. The van der Waals surface area contributed by atoms with Crippen LogP contribution < -0.4 is 0 Å². The molecule has 128 valence electrons. The van der Waals surface area contributed by atoms with Gasteiger partial charge in [0.1, 0.15) is 6.10 Å². The number of allylic oxidation sites excluding steroid dienone is 1. The second-order valence-corrected chi connectivity index (χ2v) is 10.5. The molecule has 0 aliphatic heterocycles. The first kappa shape index (κ1) is 21.0. The number of carbonyl (C=O) groups is 1. The summed E-state index contributed by atoms with van der Waals surface area (Å²) in [5.74, 6) is 0.746. The fourth-order valence-electron chi connectivity index (χ4n) is 2.57. The highest BCUT2D eigenvalue weighted by Gasteiger charge is 2.30. The first-order valence-electron chi connectivity index (χ1n) is 8.70. The van der Waals surface area contributed by atoms with Gasteiger partial charge in [0.05, 0.1) is 5.76 Å². The molecule has 4 heteroatoms. The zero-order chi connectivity index (χ0) is 16.8. The van der Waals surface area contributed by atoms with Gasteiger partial charge in [0.2, 0.25) is 8.32 Å². The van der Waals surface area contributed by atoms with Gasteiger partial charge in [-0.3, -0.25) is 4.79 Å². The molecule has 3 nitrogen and oxygen atoms in total. The van der Waals surface area contributed by atoms with E-state index in [-0.39, 0.29) is 6.10 Å². The molecule has 0 unspecified atom stereocenters. The minimum Gasteiger partial charge on any atom is -0.544 e. The number of hydrogen-bond donors (Lipinski definition) is 0. The van der Waals surface area contributed by atoms with E-state index >= 15 is 0 Å². The monoisotopic (exact) mass is 326 g/mol. The fourth-order valence-corrected chi connectivity index (χ4v) is 5.13. The maximum absolute atomic E-state index is 10.6. The average molecular weight is 327 g/mol. The molecule has 0 spiro atoms. The standard InChI is InChI=1S/C18H34O3Si/c1-6-10-11-14-18(20-16-19)15-12-13-17(5)21-22(7-2,8-3)9-4/h12-13,16,18H,5-11,14-15H2,1-4H3/b13-12+/t18-/m1/s1. The van der Waals surface area contributed by atoms with Crippen molar-refractivity contribution in [1.29, 1.82) is 0 Å². The molecule has 1 atom stereocenters. The summed E-state index contributed by atoms with van der Waals surface area (Å²) in [5, 5.41) is 0. The van der Waals surface area contributed by atoms with Gasteiger partial charge >= 0.3 is 0 Å². The first-order valence-corrected chi connectivity index (χ1v) is 11.2. The molecule has 22 heavy (non-hydrogen) atoms. The van der Waals surface area contributed by atoms with Crippen molar-refractivity contribution < 1.29 is 14.0 Å². The lowest BCUT2D eigenvalue weighted by atomic mass is 10.1. The maximum Gasteiger partial charge on any atom is 0.293 e. The molecule has 0 aromatic carbocycles. The van der Waals surface area contributed by atoms with E-state index in [2.05, 4.69) is 34.3 Å². The molecule has 0 bridgehead atoms. The third kappa shape index (κ3) is 8.42. The molecular formula is C18H34O3Si. The quantitative estimate of drug-likeness (QED) is 0.137. The van der Waals surface area contributed by atoms with Crippen LogP contribution in [0.4, 0.5) is 0 Å². The molecule has 0 saturated carbocycles. The highest BCUT2D eigenvalue weighted by atomic mass is 28.4. The van der Waals surface area contributed by atoms with Gasteiger partial charge in [0, 0.05) is 6.42 Å². The highest BCUT2D eigenvalue weighted by Crippen LogP contribution is 2.24. The predicted octanol–water partition coefficient (Wildman–Crippen LogP) is 5.59. The third-order valence-electron chi connectivity index (χ3n) is 4.36. The summed E-state index contributed by atoms with van der Waals surface area (Å²) in [7, 11) is -1.64. The van der Waals surface area contributed by atoms with E-state index in [1.165, 1.54) is 12.8 Å². The Hall–Kier alpha value is -1.03. The lowest BCUT2D eigenvalue weighted by molar-refractivity contribution is -0.133. The summed E-state index contributed by atoms with van der Waals surface area (Å²) in [6, 6.07) is 3.34. The average Bonchev–Trinajstić information content (AvgIpc) is 2.53. The van der Waals surface area contributed by atoms with E-state index in [4.69, 9.17) is 9.16 Å². The van der Waals surface area contributed by atoms with Gasteiger partial charge in [-0.05, 0) is 37.0 Å². The van der Waals surface area contributed by atoms with E-state index in [1.54, 1.807) is 0 Å². The van der Waals surface area contributed by atoms with Crippen molar-refractivity contribution in [2.45, 2.75) is 84.0 Å². The zero-order valence-electron chi connectivity index (χ0n) is 14.9. The van der Waals surface area contributed by atoms with Crippen molar-refractivity contribution in [2.24, 2.45) is 0 Å². The Kier molecular flexibility index (Phi) is 11.9. The summed E-state index contributed by atoms with van der Waals surface area (Å²) >= 11 is 0. The first-order chi connectivity index (χ1) is 10.6. The van der Waals surface area contributed by atoms with Crippen LogP contribution in [0.15, 0.2) is 24.5 Å². The van der Waals surface area contributed by atoms with E-state index in [0.29, 0.717) is 6.47 Å². The van der Waals surface area contributed by atoms with Crippen molar-refractivity contribution in [3.63, 3.8) is 0 Å². The minimum atomic E-state index is -1.64. The van der Waals surface area contributed by atoms with Crippen molar-refractivity contribution in [3.05, 3.63) is 24.5 Å². The van der Waals surface area contributed by atoms with Crippen LogP contribution >= 0.6 is 0 Å². The summed E-state index contributed by atoms with van der Waals surface area (Å²) in [5.41, 5.74) is 0. The molecular weight excluding hydrogens is 292 g/mol. The van der Waals surface area contributed by atoms with Crippen LogP contribution in [0, 0.1) is 0 Å². The number of carbonyl (C=O) groups excluding carboxylic acids is 1. The lowest BCUT2D eigenvalue weighted by Crippen LogP contribution is -2.34. The Morgan fingerprint density at radius 3 is 2.27 bits per heavy atom. The fraction of sp³-hybridized carbons (Fsp3) is 0.722. The number of rotatable bonds is 14. The molecule has 0 rings (SSSR count). The molecule has 0 amide bonds. The Morgan fingerprint density at radius 1 is 1.14 bits per heavy atom. The summed E-state index contributed by atoms with van der Waals surface area (Å²) < 4.78 is 11.3. The molecule has 0 saturated heterocycles. The van der Waals surface area contributed by atoms with Crippen LogP contribution in [-0.4, -0.2) is 20.9 Å². The van der Waals surface area contributed by atoms with E-state index in [1.807, 2.05) is 12.2 Å². The van der Waals surface area contributed by atoms with E-state index in [9.17, 15) is 4.79 Å². The van der Waals surface area contributed by atoms with E-state index in [0.717, 1.165) is 43.2 Å². The Morgan fingerprint density at radius 2 is 1.77 bits per heavy atom. The number of hydrogen-bond acceptors (Lipinski definition) is 3. The van der Waals surface area contributed by atoms with Gasteiger partial charge in [0.15, 0.2) is 0 Å². The van der Waals surface area contributed by atoms with Crippen LogP contribution in [0.5, 0.6) is 0 Å². The molecule has 0 aliphatic carbocycles. The molecule has 0 heterocycles. The van der Waals surface area contributed by atoms with Gasteiger partial charge in [-0.1, -0.05) is 53.2 Å². The van der Waals surface area contributed by atoms with Crippen LogP contribution in [0.1, 0.15) is 59.8 Å². The third-order valence-corrected chi connectivity index (χ3v) is 8.92. The largest absolute Gasteiger partial charge is 0.544 e. The van der Waals surface area contributed by atoms with Crippen LogP contribution in [0.25, 0.3) is 0 Å². The molecule has 0 aromatic heterocycles. The molecule has 0 N–H and O–H groups in total. The zero-order valence-corrected chi connectivity index (χ0v) is 15.9. The van der Waals surface area contributed by atoms with Crippen molar-refractivity contribution >= 4 is 14.8 Å². The Labute approximate surface area is 137 Å². The highest BCUT2D eigenvalue weighted by molar-refractivity contribution is 6.73. The normalized spacial score (nSPS) is 13.1. The molecule has 0 radical (unpaired) electrons. The van der Waals surface area contributed by atoms with Crippen LogP contribution in [-0.2, 0) is 14.0 Å². The minimum absolute atomic E-state index is 0.0290. The smallest absolute Gasteiger partial charge is 0.293 e. The van der Waals surface area contributed by atoms with Gasteiger partial charge in [-0.2, -0.15) is 0 Å². The summed E-state index contributed by atoms with van der Waals surface area (Å²) in [6.07, 6.45) is 9.01. The second-order valence-electron chi connectivity index (χ2n) is 5.80. The molecule has 0 fully saturated rings. The van der Waals surface area contributed by atoms with Gasteiger partial charge in [0.25, 0.3) is 6.47 Å². The second kappa shape index (κ2) is 12.5. The molecule has 0 aliphatic rings. The Bertz CT molecular complexity index is 327. The van der Waals surface area contributed by atoms with Crippen LogP contribution in [0.2, 0.25) is 18.1 Å². The van der Waals surface area contributed by atoms with Crippen LogP contribution in [0.3, 0.4) is 0 Å². The SMILES string of the molecule is C=C(/C=C/C[C@@H](CCCCC)OC=O)O[Si](CC)(CC)CC. The topological polar surface area (TPSA) is 35.5 Å². The number of unbranched alkanes of at least 4 members (excludes halogenated alkanes) is 2. The van der Waals surface area contributed by atoms with Crippen molar-refractivity contribution in [2.75, 3.05) is 0 Å².